The summed E-state index contributed by atoms with van der Waals surface area (Å²) in [5.41, 5.74) is 0.629. The molecule has 1 rings (SSSR count). The molecule has 0 aliphatic rings. The van der Waals surface area contributed by atoms with Gasteiger partial charge < -0.3 is 14.7 Å². The number of nitrogens with one attached hydrogen (secondary N) is 1. The highest BCUT2D eigenvalue weighted by atomic mass is 16.5. The summed E-state index contributed by atoms with van der Waals surface area (Å²) in [7, 11) is 3.33. The molecule has 0 spiro atoms. The fourth-order valence-corrected chi connectivity index (χ4v) is 1.70. The van der Waals surface area contributed by atoms with Gasteiger partial charge in [-0.05, 0) is 19.3 Å². The second kappa shape index (κ2) is 6.36. The molecule has 0 radical (unpaired) electrons. The normalized spacial score (nSPS) is 12.3. The van der Waals surface area contributed by atoms with Crippen molar-refractivity contribution in [3.8, 4) is 0 Å². The Kier molecular flexibility index (Phi) is 5.09. The molecule has 0 saturated heterocycles. The lowest BCUT2D eigenvalue weighted by Crippen LogP contribution is -2.46. The smallest absolute Gasteiger partial charge is 0.290 e. The Morgan fingerprint density at radius 1 is 1.42 bits per heavy atom. The molecule has 106 valence electrons. The third-order valence-electron chi connectivity index (χ3n) is 2.60. The molecule has 1 N–H and O–H groups in total. The molecule has 1 heterocycles. The first-order valence-corrected chi connectivity index (χ1v) is 6.26. The third-order valence-corrected chi connectivity index (χ3v) is 2.60. The Balaban J connectivity index is 2.77. The van der Waals surface area contributed by atoms with E-state index in [1.165, 1.54) is 4.90 Å². The van der Waals surface area contributed by atoms with Crippen molar-refractivity contribution in [1.29, 1.82) is 0 Å². The Labute approximate surface area is 113 Å². The van der Waals surface area contributed by atoms with Gasteiger partial charge in [-0.1, -0.05) is 19.0 Å². The molecule has 6 heteroatoms. The maximum absolute atomic E-state index is 12.0. The van der Waals surface area contributed by atoms with Crippen LogP contribution in [-0.2, 0) is 4.79 Å². The molecule has 2 amide bonds. The number of rotatable bonds is 5. The van der Waals surface area contributed by atoms with Gasteiger partial charge in [0.2, 0.25) is 11.7 Å². The summed E-state index contributed by atoms with van der Waals surface area (Å²) in [4.78, 5) is 25.4. The number of carbonyl (C=O) groups is 2. The number of amides is 2. The van der Waals surface area contributed by atoms with Gasteiger partial charge >= 0.3 is 0 Å². The summed E-state index contributed by atoms with van der Waals surface area (Å²) >= 11 is 0. The highest BCUT2D eigenvalue weighted by Gasteiger charge is 2.25. The zero-order valence-corrected chi connectivity index (χ0v) is 12.1. The lowest BCUT2D eigenvalue weighted by Gasteiger charge is -2.22. The maximum Gasteiger partial charge on any atom is 0.290 e. The molecule has 6 nitrogen and oxygen atoms in total. The minimum atomic E-state index is -0.548. The molecule has 0 unspecified atom stereocenters. The quantitative estimate of drug-likeness (QED) is 0.870. The molecule has 0 aliphatic carbocycles. The summed E-state index contributed by atoms with van der Waals surface area (Å²) in [6.07, 6.45) is 0.579. The molecule has 0 fully saturated rings. The second-order valence-corrected chi connectivity index (χ2v) is 5.22. The van der Waals surface area contributed by atoms with Crippen LogP contribution in [-0.4, -0.2) is 42.0 Å². The van der Waals surface area contributed by atoms with E-state index in [1.807, 2.05) is 13.8 Å². The minimum Gasteiger partial charge on any atom is -0.351 e. The number of nitrogens with zero attached hydrogens (tertiary/aromatic N) is 2. The van der Waals surface area contributed by atoms with Crippen LogP contribution in [0, 0.1) is 12.8 Å². The summed E-state index contributed by atoms with van der Waals surface area (Å²) in [6.45, 7) is 5.73. The number of hydrogen-bond acceptors (Lipinski definition) is 4. The van der Waals surface area contributed by atoms with Gasteiger partial charge in [-0.3, -0.25) is 9.59 Å². The number of aryl methyl sites for hydroxylation is 1. The van der Waals surface area contributed by atoms with E-state index in [0.717, 1.165) is 0 Å². The number of likely N-dealkylation sites (N-methyl/N-ethyl adjacent to an activating group) is 1. The fraction of sp³-hybridized carbons (Fsp3) is 0.615. The largest absolute Gasteiger partial charge is 0.351 e. The minimum absolute atomic E-state index is 0.123. The summed E-state index contributed by atoms with van der Waals surface area (Å²) in [5.74, 6) is -0.122. The van der Waals surface area contributed by atoms with E-state index < -0.39 is 11.9 Å². The molecule has 1 atom stereocenters. The SMILES string of the molecule is Cc1cc(C(=O)N[C@H](CC(C)C)C(=O)N(C)C)on1. The highest BCUT2D eigenvalue weighted by molar-refractivity contribution is 5.95. The average molecular weight is 267 g/mol. The van der Waals surface area contributed by atoms with Crippen molar-refractivity contribution in [1.82, 2.24) is 15.4 Å². The molecule has 0 aliphatic heterocycles. The van der Waals surface area contributed by atoms with Gasteiger partial charge in [0.05, 0.1) is 5.69 Å². The molecule has 19 heavy (non-hydrogen) atoms. The lowest BCUT2D eigenvalue weighted by atomic mass is 10.0. The third kappa shape index (κ3) is 4.39. The average Bonchev–Trinajstić information content (AvgIpc) is 2.73. The van der Waals surface area contributed by atoms with E-state index in [4.69, 9.17) is 4.52 Å². The van der Waals surface area contributed by atoms with Gasteiger partial charge in [0.15, 0.2) is 0 Å². The van der Waals surface area contributed by atoms with E-state index in [1.54, 1.807) is 27.1 Å². The van der Waals surface area contributed by atoms with Crippen molar-refractivity contribution < 1.29 is 14.1 Å². The van der Waals surface area contributed by atoms with Crippen LogP contribution in [0.2, 0.25) is 0 Å². The molecule has 0 aromatic carbocycles. The molecule has 1 aromatic heterocycles. The molecular formula is C13H21N3O3. The van der Waals surface area contributed by atoms with Crippen molar-refractivity contribution in [3.05, 3.63) is 17.5 Å². The van der Waals surface area contributed by atoms with E-state index in [9.17, 15) is 9.59 Å². The van der Waals surface area contributed by atoms with Crippen LogP contribution in [0.1, 0.15) is 36.5 Å². The number of carbonyl (C=O) groups excluding carboxylic acids is 2. The van der Waals surface area contributed by atoms with Crippen molar-refractivity contribution in [2.24, 2.45) is 5.92 Å². The molecule has 0 bridgehead atoms. The maximum atomic E-state index is 12.0. The number of hydrogen-bond donors (Lipinski definition) is 1. The van der Waals surface area contributed by atoms with Crippen LogP contribution >= 0.6 is 0 Å². The highest BCUT2D eigenvalue weighted by Crippen LogP contribution is 2.09. The van der Waals surface area contributed by atoms with Gasteiger partial charge in [0.25, 0.3) is 5.91 Å². The van der Waals surface area contributed by atoms with Gasteiger partial charge in [-0.25, -0.2) is 0 Å². The monoisotopic (exact) mass is 267 g/mol. The van der Waals surface area contributed by atoms with Crippen LogP contribution < -0.4 is 5.32 Å². The summed E-state index contributed by atoms with van der Waals surface area (Å²) in [6, 6.07) is 0.995. The second-order valence-electron chi connectivity index (χ2n) is 5.22. The van der Waals surface area contributed by atoms with E-state index in [0.29, 0.717) is 18.0 Å². The predicted molar refractivity (Wildman–Crippen MR) is 70.6 cm³/mol. The standard InChI is InChI=1S/C13H21N3O3/c1-8(2)6-10(13(18)16(4)5)14-12(17)11-7-9(3)15-19-11/h7-8,10H,6H2,1-5H3,(H,14,17)/t10-/m1/s1. The van der Waals surface area contributed by atoms with Gasteiger partial charge in [-0.2, -0.15) is 0 Å². The van der Waals surface area contributed by atoms with E-state index >= 15 is 0 Å². The van der Waals surface area contributed by atoms with Gasteiger partial charge in [0.1, 0.15) is 6.04 Å². The zero-order valence-electron chi connectivity index (χ0n) is 12.1. The summed E-state index contributed by atoms with van der Waals surface area (Å²) in [5, 5.41) is 6.35. The van der Waals surface area contributed by atoms with Crippen molar-refractivity contribution in [2.75, 3.05) is 14.1 Å². The Bertz CT molecular complexity index is 452. The van der Waals surface area contributed by atoms with Crippen LogP contribution in [0.4, 0.5) is 0 Å². The Morgan fingerprint density at radius 2 is 2.05 bits per heavy atom. The van der Waals surface area contributed by atoms with E-state index in [2.05, 4.69) is 10.5 Å². The van der Waals surface area contributed by atoms with Crippen LogP contribution in [0.5, 0.6) is 0 Å². The van der Waals surface area contributed by atoms with Crippen LogP contribution in [0.15, 0.2) is 10.6 Å². The Hall–Kier alpha value is -1.85. The van der Waals surface area contributed by atoms with Gasteiger partial charge in [-0.15, -0.1) is 0 Å². The molecule has 0 saturated carbocycles. The predicted octanol–water partition coefficient (Wildman–Crippen LogP) is 1.22. The van der Waals surface area contributed by atoms with Crippen LogP contribution in [0.25, 0.3) is 0 Å². The van der Waals surface area contributed by atoms with Gasteiger partial charge in [0, 0.05) is 20.2 Å². The molecule has 1 aromatic rings. The Morgan fingerprint density at radius 3 is 2.47 bits per heavy atom. The van der Waals surface area contributed by atoms with E-state index in [-0.39, 0.29) is 11.7 Å². The first-order valence-electron chi connectivity index (χ1n) is 6.26. The fourth-order valence-electron chi connectivity index (χ4n) is 1.70. The summed E-state index contributed by atoms with van der Waals surface area (Å²) < 4.78 is 4.89. The number of aromatic nitrogens is 1. The van der Waals surface area contributed by atoms with Crippen molar-refractivity contribution >= 4 is 11.8 Å². The lowest BCUT2D eigenvalue weighted by molar-refractivity contribution is -0.131. The van der Waals surface area contributed by atoms with Crippen molar-refractivity contribution in [3.63, 3.8) is 0 Å². The van der Waals surface area contributed by atoms with Crippen LogP contribution in [0.3, 0.4) is 0 Å². The first-order chi connectivity index (χ1) is 8.81. The van der Waals surface area contributed by atoms with Crippen molar-refractivity contribution in [2.45, 2.75) is 33.2 Å². The topological polar surface area (TPSA) is 75.4 Å². The first kappa shape index (κ1) is 15.2. The molecular weight excluding hydrogens is 246 g/mol. The zero-order chi connectivity index (χ0) is 14.6.